The third kappa shape index (κ3) is 4.82. The average Bonchev–Trinajstić information content (AvgIpc) is 2.46. The van der Waals surface area contributed by atoms with E-state index < -0.39 is 0 Å². The van der Waals surface area contributed by atoms with Crippen molar-refractivity contribution < 1.29 is 9.53 Å². The number of hydrogen-bond acceptors (Lipinski definition) is 2. The molecule has 0 spiro atoms. The van der Waals surface area contributed by atoms with Crippen LogP contribution in [0.15, 0.2) is 22.7 Å². The molecule has 1 aromatic carbocycles. The summed E-state index contributed by atoms with van der Waals surface area (Å²) in [5, 5.41) is 0. The number of methoxy groups -OCH3 is 1. The van der Waals surface area contributed by atoms with Gasteiger partial charge in [-0.1, -0.05) is 42.6 Å². The molecule has 0 saturated carbocycles. The zero-order valence-electron chi connectivity index (χ0n) is 12.6. The van der Waals surface area contributed by atoms with Gasteiger partial charge in [-0.05, 0) is 31.0 Å². The van der Waals surface area contributed by atoms with Crippen LogP contribution in [0.2, 0.25) is 0 Å². The molecular weight excluding hydrogens is 318 g/mol. The van der Waals surface area contributed by atoms with Crippen molar-refractivity contribution in [3.8, 4) is 5.75 Å². The number of benzene rings is 1. The van der Waals surface area contributed by atoms with Crippen LogP contribution in [-0.2, 0) is 0 Å². The van der Waals surface area contributed by atoms with E-state index in [1.54, 1.807) is 7.11 Å². The van der Waals surface area contributed by atoms with E-state index >= 15 is 0 Å². The van der Waals surface area contributed by atoms with Gasteiger partial charge in [0.2, 0.25) is 0 Å². The quantitative estimate of drug-likeness (QED) is 0.696. The number of nitrogens with zero attached hydrogens (tertiary/aromatic N) is 1. The smallest absolute Gasteiger partial charge is 0.257 e. The number of rotatable bonds is 8. The molecule has 0 unspecified atom stereocenters. The van der Waals surface area contributed by atoms with Gasteiger partial charge in [0.15, 0.2) is 0 Å². The van der Waals surface area contributed by atoms with Gasteiger partial charge in [0, 0.05) is 17.6 Å². The van der Waals surface area contributed by atoms with Gasteiger partial charge in [0.05, 0.1) is 12.7 Å². The van der Waals surface area contributed by atoms with Crippen molar-refractivity contribution in [1.29, 1.82) is 0 Å². The zero-order valence-corrected chi connectivity index (χ0v) is 14.2. The van der Waals surface area contributed by atoms with Gasteiger partial charge in [-0.25, -0.2) is 0 Å². The van der Waals surface area contributed by atoms with Gasteiger partial charge in [-0.2, -0.15) is 0 Å². The summed E-state index contributed by atoms with van der Waals surface area (Å²) in [6.07, 6.45) is 4.25. The highest BCUT2D eigenvalue weighted by Crippen LogP contribution is 2.25. The lowest BCUT2D eigenvalue weighted by molar-refractivity contribution is 0.0747. The molecular formula is C16H24BrNO2. The molecule has 0 bridgehead atoms. The van der Waals surface area contributed by atoms with E-state index in [4.69, 9.17) is 4.74 Å². The van der Waals surface area contributed by atoms with Gasteiger partial charge >= 0.3 is 0 Å². The number of carbonyl (C=O) groups excluding carboxylic acids is 1. The number of carbonyl (C=O) groups is 1. The van der Waals surface area contributed by atoms with Crippen LogP contribution < -0.4 is 4.74 Å². The molecule has 0 aromatic heterocycles. The van der Waals surface area contributed by atoms with Crippen LogP contribution in [0.4, 0.5) is 0 Å². The fraction of sp³-hybridized carbons (Fsp3) is 0.562. The fourth-order valence-electron chi connectivity index (χ4n) is 2.02. The topological polar surface area (TPSA) is 29.5 Å². The maximum Gasteiger partial charge on any atom is 0.257 e. The first-order valence-corrected chi connectivity index (χ1v) is 8.06. The first-order valence-electron chi connectivity index (χ1n) is 7.26. The van der Waals surface area contributed by atoms with Crippen molar-refractivity contribution in [1.82, 2.24) is 4.90 Å². The van der Waals surface area contributed by atoms with Gasteiger partial charge in [0.25, 0.3) is 5.91 Å². The Balaban J connectivity index is 2.92. The van der Waals surface area contributed by atoms with Crippen LogP contribution in [0.1, 0.15) is 49.9 Å². The summed E-state index contributed by atoms with van der Waals surface area (Å²) in [6, 6.07) is 5.55. The first kappa shape index (κ1) is 17.0. The molecule has 0 atom stereocenters. The van der Waals surface area contributed by atoms with Crippen molar-refractivity contribution in [2.45, 2.75) is 39.5 Å². The van der Waals surface area contributed by atoms with E-state index in [0.29, 0.717) is 11.3 Å². The summed E-state index contributed by atoms with van der Waals surface area (Å²) < 4.78 is 6.25. The van der Waals surface area contributed by atoms with Crippen LogP contribution in [0.3, 0.4) is 0 Å². The summed E-state index contributed by atoms with van der Waals surface area (Å²) in [5.74, 6) is 0.693. The molecule has 0 saturated heterocycles. The SMILES string of the molecule is CCCCN(CCCC)C(=O)c1ccc(Br)cc1OC. The van der Waals surface area contributed by atoms with E-state index in [9.17, 15) is 4.79 Å². The molecule has 1 aromatic rings. The molecule has 0 radical (unpaired) electrons. The van der Waals surface area contributed by atoms with Crippen LogP contribution in [0.5, 0.6) is 5.75 Å². The lowest BCUT2D eigenvalue weighted by Crippen LogP contribution is -2.33. The molecule has 0 fully saturated rings. The normalized spacial score (nSPS) is 10.4. The largest absolute Gasteiger partial charge is 0.496 e. The van der Waals surface area contributed by atoms with Crippen LogP contribution in [0.25, 0.3) is 0 Å². The highest BCUT2D eigenvalue weighted by atomic mass is 79.9. The van der Waals surface area contributed by atoms with Gasteiger partial charge in [0.1, 0.15) is 5.75 Å². The monoisotopic (exact) mass is 341 g/mol. The molecule has 0 aliphatic rings. The van der Waals surface area contributed by atoms with E-state index in [1.807, 2.05) is 23.1 Å². The lowest BCUT2D eigenvalue weighted by Gasteiger charge is -2.23. The third-order valence-corrected chi connectivity index (χ3v) is 3.74. The molecule has 112 valence electrons. The summed E-state index contributed by atoms with van der Waals surface area (Å²) in [4.78, 5) is 14.6. The number of halogens is 1. The Kier molecular flexibility index (Phi) is 7.67. The van der Waals surface area contributed by atoms with Crippen molar-refractivity contribution in [3.63, 3.8) is 0 Å². The summed E-state index contributed by atoms with van der Waals surface area (Å²) >= 11 is 3.40. The Hall–Kier alpha value is -1.03. The maximum atomic E-state index is 12.7. The molecule has 3 nitrogen and oxygen atoms in total. The molecule has 1 rings (SSSR count). The second-order valence-electron chi connectivity index (χ2n) is 4.84. The molecule has 0 aliphatic carbocycles. The van der Waals surface area contributed by atoms with Crippen LogP contribution in [0, 0.1) is 0 Å². The van der Waals surface area contributed by atoms with Gasteiger partial charge < -0.3 is 9.64 Å². The first-order chi connectivity index (χ1) is 9.63. The minimum Gasteiger partial charge on any atom is -0.496 e. The minimum absolute atomic E-state index is 0.0660. The van der Waals surface area contributed by atoms with Crippen molar-refractivity contribution >= 4 is 21.8 Å². The number of ether oxygens (including phenoxy) is 1. The second kappa shape index (κ2) is 9.01. The predicted octanol–water partition coefficient (Wildman–Crippen LogP) is 4.50. The minimum atomic E-state index is 0.0660. The fourth-order valence-corrected chi connectivity index (χ4v) is 2.37. The van der Waals surface area contributed by atoms with E-state index in [-0.39, 0.29) is 5.91 Å². The van der Waals surface area contributed by atoms with Crippen molar-refractivity contribution in [3.05, 3.63) is 28.2 Å². The number of unbranched alkanes of at least 4 members (excludes halogenated alkanes) is 2. The third-order valence-electron chi connectivity index (χ3n) is 3.24. The van der Waals surface area contributed by atoms with E-state index in [0.717, 1.165) is 43.2 Å². The summed E-state index contributed by atoms with van der Waals surface area (Å²) in [5.41, 5.74) is 0.642. The molecule has 1 amide bonds. The standard InChI is InChI=1S/C16H24BrNO2/c1-4-6-10-18(11-7-5-2)16(19)14-9-8-13(17)12-15(14)20-3/h8-9,12H,4-7,10-11H2,1-3H3. The maximum absolute atomic E-state index is 12.7. The van der Waals surface area contributed by atoms with Crippen LogP contribution in [-0.4, -0.2) is 31.0 Å². The molecule has 0 N–H and O–H groups in total. The second-order valence-corrected chi connectivity index (χ2v) is 5.76. The number of hydrogen-bond donors (Lipinski definition) is 0. The molecule has 0 aliphatic heterocycles. The van der Waals surface area contributed by atoms with Crippen LogP contribution >= 0.6 is 15.9 Å². The number of amides is 1. The average molecular weight is 342 g/mol. The highest BCUT2D eigenvalue weighted by molar-refractivity contribution is 9.10. The van der Waals surface area contributed by atoms with E-state index in [2.05, 4.69) is 29.8 Å². The Labute approximate surface area is 130 Å². The highest BCUT2D eigenvalue weighted by Gasteiger charge is 2.19. The van der Waals surface area contributed by atoms with Crippen molar-refractivity contribution in [2.24, 2.45) is 0 Å². The van der Waals surface area contributed by atoms with Gasteiger partial charge in [-0.15, -0.1) is 0 Å². The lowest BCUT2D eigenvalue weighted by atomic mass is 10.1. The summed E-state index contributed by atoms with van der Waals surface area (Å²) in [6.45, 7) is 5.91. The Morgan fingerprint density at radius 2 is 1.80 bits per heavy atom. The predicted molar refractivity (Wildman–Crippen MR) is 86.4 cm³/mol. The summed E-state index contributed by atoms with van der Waals surface area (Å²) in [7, 11) is 1.60. The molecule has 20 heavy (non-hydrogen) atoms. The Bertz CT molecular complexity index is 426. The van der Waals surface area contributed by atoms with E-state index in [1.165, 1.54) is 0 Å². The zero-order chi connectivity index (χ0) is 15.0. The van der Waals surface area contributed by atoms with Gasteiger partial charge in [-0.3, -0.25) is 4.79 Å². The Morgan fingerprint density at radius 3 is 2.30 bits per heavy atom. The van der Waals surface area contributed by atoms with Crippen molar-refractivity contribution in [2.75, 3.05) is 20.2 Å². The molecule has 4 heteroatoms. The Morgan fingerprint density at radius 1 is 1.20 bits per heavy atom. The molecule has 0 heterocycles.